The van der Waals surface area contributed by atoms with Gasteiger partial charge in [0.25, 0.3) is 5.69 Å². The van der Waals surface area contributed by atoms with E-state index in [0.717, 1.165) is 30.6 Å². The number of thiocarbonyl (C=S) groups is 1. The number of rotatable bonds is 7. The summed E-state index contributed by atoms with van der Waals surface area (Å²) in [5, 5.41) is 14.7. The smallest absolute Gasteiger partial charge is 0.269 e. The Bertz CT molecular complexity index is 920. The second-order valence-corrected chi connectivity index (χ2v) is 7.15. The van der Waals surface area contributed by atoms with E-state index in [9.17, 15) is 10.1 Å². The lowest BCUT2D eigenvalue weighted by molar-refractivity contribution is -0.384. The van der Waals surface area contributed by atoms with Crippen molar-refractivity contribution in [3.8, 4) is 17.2 Å². The van der Waals surface area contributed by atoms with Crippen molar-refractivity contribution in [2.45, 2.75) is 19.4 Å². The van der Waals surface area contributed by atoms with E-state index in [1.807, 2.05) is 19.1 Å². The zero-order valence-electron chi connectivity index (χ0n) is 17.2. The molecular weight excluding hydrogens is 406 g/mol. The predicted molar refractivity (Wildman–Crippen MR) is 118 cm³/mol. The summed E-state index contributed by atoms with van der Waals surface area (Å²) in [6.07, 6.45) is 0.815. The van der Waals surface area contributed by atoms with Crippen LogP contribution in [0.3, 0.4) is 0 Å². The summed E-state index contributed by atoms with van der Waals surface area (Å²) in [5.41, 5.74) is 2.23. The zero-order valence-corrected chi connectivity index (χ0v) is 18.0. The van der Waals surface area contributed by atoms with Crippen molar-refractivity contribution in [1.29, 1.82) is 0 Å². The third kappa shape index (κ3) is 4.56. The number of fused-ring (bicyclic) bond motifs is 1. The van der Waals surface area contributed by atoms with Crippen molar-refractivity contribution in [3.63, 3.8) is 0 Å². The first-order chi connectivity index (χ1) is 14.5. The number of ether oxygens (including phenoxy) is 3. The fraction of sp³-hybridized carbons (Fsp3) is 0.381. The van der Waals surface area contributed by atoms with Gasteiger partial charge in [-0.1, -0.05) is 0 Å². The Morgan fingerprint density at radius 2 is 1.90 bits per heavy atom. The minimum absolute atomic E-state index is 0.0251. The number of nitro groups is 1. The second-order valence-electron chi connectivity index (χ2n) is 6.76. The first-order valence-corrected chi connectivity index (χ1v) is 10.1. The van der Waals surface area contributed by atoms with Crippen LogP contribution in [0.2, 0.25) is 0 Å². The summed E-state index contributed by atoms with van der Waals surface area (Å²) < 4.78 is 16.9. The van der Waals surface area contributed by atoms with Gasteiger partial charge < -0.3 is 24.4 Å². The number of nitro benzene ring substituents is 1. The van der Waals surface area contributed by atoms with Crippen molar-refractivity contribution < 1.29 is 19.1 Å². The molecule has 1 unspecified atom stereocenters. The molecular formula is C21H25N3O5S. The van der Waals surface area contributed by atoms with Crippen LogP contribution >= 0.6 is 12.2 Å². The summed E-state index contributed by atoms with van der Waals surface area (Å²) in [5.74, 6) is 1.89. The highest BCUT2D eigenvalue weighted by atomic mass is 32.1. The quantitative estimate of drug-likeness (QED) is 0.405. The maximum absolute atomic E-state index is 10.9. The Balaban J connectivity index is 1.90. The Morgan fingerprint density at radius 3 is 2.50 bits per heavy atom. The van der Waals surface area contributed by atoms with Crippen molar-refractivity contribution in [1.82, 2.24) is 10.2 Å². The van der Waals surface area contributed by atoms with Crippen molar-refractivity contribution in [2.24, 2.45) is 0 Å². The third-order valence-corrected chi connectivity index (χ3v) is 5.43. The fourth-order valence-electron chi connectivity index (χ4n) is 3.54. The molecule has 0 saturated heterocycles. The Hall–Kier alpha value is -3.07. The van der Waals surface area contributed by atoms with Crippen LogP contribution < -0.4 is 19.5 Å². The van der Waals surface area contributed by atoms with Crippen molar-refractivity contribution >= 4 is 23.0 Å². The highest BCUT2D eigenvalue weighted by Gasteiger charge is 2.31. The molecule has 160 valence electrons. The van der Waals surface area contributed by atoms with Crippen molar-refractivity contribution in [3.05, 3.63) is 57.6 Å². The van der Waals surface area contributed by atoms with Gasteiger partial charge in [0.05, 0.1) is 25.2 Å². The molecule has 0 bridgehead atoms. The van der Waals surface area contributed by atoms with Gasteiger partial charge in [0.2, 0.25) is 0 Å². The lowest BCUT2D eigenvalue weighted by Crippen LogP contribution is -2.47. The summed E-state index contributed by atoms with van der Waals surface area (Å²) in [6, 6.07) is 9.89. The van der Waals surface area contributed by atoms with Gasteiger partial charge in [-0.05, 0) is 61.0 Å². The molecule has 0 saturated carbocycles. The molecule has 0 fully saturated rings. The van der Waals surface area contributed by atoms with E-state index in [4.69, 9.17) is 26.4 Å². The monoisotopic (exact) mass is 431 g/mol. The maximum Gasteiger partial charge on any atom is 0.269 e. The van der Waals surface area contributed by atoms with E-state index in [1.165, 1.54) is 12.1 Å². The third-order valence-electron chi connectivity index (χ3n) is 5.05. The number of methoxy groups -OCH3 is 2. The number of hydrogen-bond acceptors (Lipinski definition) is 6. The number of benzene rings is 2. The molecule has 0 aliphatic carbocycles. The highest BCUT2D eigenvalue weighted by Crippen LogP contribution is 2.38. The SMILES string of the molecule is CCNC(=S)N1CCc2cc(OC)c(OC)cc2C1COc1ccc([N+](=O)[O-])cc1. The van der Waals surface area contributed by atoms with Gasteiger partial charge in [-0.3, -0.25) is 10.1 Å². The fourth-order valence-corrected chi connectivity index (χ4v) is 3.91. The minimum atomic E-state index is -0.433. The van der Waals surface area contributed by atoms with Crippen LogP contribution in [0.25, 0.3) is 0 Å². The normalized spacial score (nSPS) is 15.2. The molecule has 8 nitrogen and oxygen atoms in total. The number of non-ortho nitro benzene ring substituents is 1. The topological polar surface area (TPSA) is 86.1 Å². The van der Waals surface area contributed by atoms with Crippen LogP contribution in [0.1, 0.15) is 24.1 Å². The predicted octanol–water partition coefficient (Wildman–Crippen LogP) is 3.48. The lowest BCUT2D eigenvalue weighted by Gasteiger charge is -2.39. The molecule has 2 aromatic rings. The van der Waals surface area contributed by atoms with Crippen LogP contribution in [0.4, 0.5) is 5.69 Å². The summed E-state index contributed by atoms with van der Waals surface area (Å²) in [7, 11) is 3.23. The van der Waals surface area contributed by atoms with Crippen LogP contribution in [0.5, 0.6) is 17.2 Å². The molecule has 0 spiro atoms. The van der Waals surface area contributed by atoms with E-state index in [0.29, 0.717) is 29.0 Å². The van der Waals surface area contributed by atoms with Gasteiger partial charge in [-0.15, -0.1) is 0 Å². The Morgan fingerprint density at radius 1 is 1.23 bits per heavy atom. The molecule has 1 aliphatic heterocycles. The first-order valence-electron chi connectivity index (χ1n) is 9.65. The molecule has 0 amide bonds. The summed E-state index contributed by atoms with van der Waals surface area (Å²) in [4.78, 5) is 12.5. The summed E-state index contributed by atoms with van der Waals surface area (Å²) >= 11 is 5.59. The number of nitrogens with zero attached hydrogens (tertiary/aromatic N) is 2. The number of nitrogens with one attached hydrogen (secondary N) is 1. The molecule has 1 heterocycles. The molecule has 1 atom stereocenters. The van der Waals surface area contributed by atoms with Gasteiger partial charge in [0.1, 0.15) is 12.4 Å². The van der Waals surface area contributed by atoms with Crippen LogP contribution in [-0.2, 0) is 6.42 Å². The molecule has 0 radical (unpaired) electrons. The standard InChI is InChI=1S/C21H25N3O5S/c1-4-22-21(30)23-10-9-14-11-19(27-2)20(28-3)12-17(14)18(23)13-29-16-7-5-15(6-8-16)24(25)26/h5-8,11-12,18H,4,9-10,13H2,1-3H3,(H,22,30). The van der Waals surface area contributed by atoms with Crippen LogP contribution in [0.15, 0.2) is 36.4 Å². The number of hydrogen-bond donors (Lipinski definition) is 1. The Kier molecular flexibility index (Phi) is 6.94. The minimum Gasteiger partial charge on any atom is -0.493 e. The maximum atomic E-state index is 10.9. The molecule has 30 heavy (non-hydrogen) atoms. The van der Waals surface area contributed by atoms with Crippen LogP contribution in [-0.4, -0.2) is 48.9 Å². The molecule has 0 aromatic heterocycles. The van der Waals surface area contributed by atoms with Gasteiger partial charge in [-0.25, -0.2) is 0 Å². The van der Waals surface area contributed by atoms with Gasteiger partial charge in [-0.2, -0.15) is 0 Å². The van der Waals surface area contributed by atoms with E-state index >= 15 is 0 Å². The van der Waals surface area contributed by atoms with E-state index in [-0.39, 0.29) is 11.7 Å². The van der Waals surface area contributed by atoms with Crippen LogP contribution in [0, 0.1) is 10.1 Å². The van der Waals surface area contributed by atoms with E-state index in [2.05, 4.69) is 10.2 Å². The average Bonchev–Trinajstić information content (AvgIpc) is 2.76. The first kappa shape index (κ1) is 21.6. The van der Waals surface area contributed by atoms with Gasteiger partial charge in [0.15, 0.2) is 16.6 Å². The Labute approximate surface area is 180 Å². The van der Waals surface area contributed by atoms with E-state index in [1.54, 1.807) is 26.4 Å². The molecule has 3 rings (SSSR count). The summed E-state index contributed by atoms with van der Waals surface area (Å²) in [6.45, 7) is 3.79. The highest BCUT2D eigenvalue weighted by molar-refractivity contribution is 7.80. The largest absolute Gasteiger partial charge is 0.493 e. The molecule has 9 heteroatoms. The van der Waals surface area contributed by atoms with Gasteiger partial charge in [0, 0.05) is 25.2 Å². The second kappa shape index (κ2) is 9.62. The van der Waals surface area contributed by atoms with Crippen molar-refractivity contribution in [2.75, 3.05) is 33.9 Å². The molecule has 2 aromatic carbocycles. The molecule has 1 aliphatic rings. The van der Waals surface area contributed by atoms with E-state index < -0.39 is 4.92 Å². The zero-order chi connectivity index (χ0) is 21.7. The lowest BCUT2D eigenvalue weighted by atomic mass is 9.92. The van der Waals surface area contributed by atoms with Gasteiger partial charge >= 0.3 is 0 Å². The average molecular weight is 432 g/mol. The molecule has 1 N–H and O–H groups in total.